The standard InChI is InChI=1S/C25H25N3O2/c1-17-10-11-21(15-18(17)2)26-25(30)27-22-12-13-23-20(16-22)9-6-14-28(23)24(29)19-7-4-3-5-8-19/h3-5,7-8,10-13,15-16H,6,9,14H2,1-2H3,(H2,26,27,30). The topological polar surface area (TPSA) is 61.4 Å². The molecule has 0 fully saturated rings. The molecule has 0 bridgehead atoms. The van der Waals surface area contributed by atoms with Crippen molar-refractivity contribution in [2.24, 2.45) is 0 Å². The molecule has 0 saturated carbocycles. The Morgan fingerprint density at radius 1 is 0.833 bits per heavy atom. The van der Waals surface area contributed by atoms with Crippen LogP contribution in [-0.2, 0) is 6.42 Å². The summed E-state index contributed by atoms with van der Waals surface area (Å²) in [4.78, 5) is 27.2. The number of carbonyl (C=O) groups is 2. The molecule has 3 aromatic carbocycles. The number of fused-ring (bicyclic) bond motifs is 1. The number of rotatable bonds is 3. The zero-order chi connectivity index (χ0) is 21.1. The van der Waals surface area contributed by atoms with E-state index in [1.165, 1.54) is 5.56 Å². The van der Waals surface area contributed by atoms with E-state index >= 15 is 0 Å². The minimum absolute atomic E-state index is 0.00439. The molecule has 5 heteroatoms. The predicted molar refractivity (Wildman–Crippen MR) is 121 cm³/mol. The summed E-state index contributed by atoms with van der Waals surface area (Å²) in [7, 11) is 0. The van der Waals surface area contributed by atoms with E-state index in [1.54, 1.807) is 0 Å². The van der Waals surface area contributed by atoms with Crippen LogP contribution in [0.1, 0.15) is 33.5 Å². The van der Waals surface area contributed by atoms with Crippen LogP contribution in [0.3, 0.4) is 0 Å². The Bertz CT molecular complexity index is 1090. The van der Waals surface area contributed by atoms with E-state index in [0.29, 0.717) is 17.8 Å². The van der Waals surface area contributed by atoms with Crippen molar-refractivity contribution in [2.45, 2.75) is 26.7 Å². The average molecular weight is 399 g/mol. The monoisotopic (exact) mass is 399 g/mol. The maximum atomic E-state index is 12.9. The number of hydrogen-bond acceptors (Lipinski definition) is 2. The molecule has 0 radical (unpaired) electrons. The van der Waals surface area contributed by atoms with Crippen molar-refractivity contribution >= 4 is 29.0 Å². The summed E-state index contributed by atoms with van der Waals surface area (Å²) in [6, 6.07) is 20.6. The lowest BCUT2D eigenvalue weighted by Crippen LogP contribution is -2.35. The van der Waals surface area contributed by atoms with Gasteiger partial charge in [-0.1, -0.05) is 24.3 Å². The molecule has 3 amide bonds. The minimum atomic E-state index is -0.286. The third-order valence-corrected chi connectivity index (χ3v) is 5.49. The average Bonchev–Trinajstić information content (AvgIpc) is 2.76. The van der Waals surface area contributed by atoms with Crippen LogP contribution in [0.4, 0.5) is 21.9 Å². The highest BCUT2D eigenvalue weighted by Gasteiger charge is 2.23. The van der Waals surface area contributed by atoms with Gasteiger partial charge >= 0.3 is 6.03 Å². The van der Waals surface area contributed by atoms with Gasteiger partial charge in [0.15, 0.2) is 0 Å². The predicted octanol–water partition coefficient (Wildman–Crippen LogP) is 5.54. The number of nitrogens with one attached hydrogen (secondary N) is 2. The van der Waals surface area contributed by atoms with E-state index in [1.807, 2.05) is 85.5 Å². The molecule has 1 aliphatic rings. The highest BCUT2D eigenvalue weighted by atomic mass is 16.2. The normalized spacial score (nSPS) is 12.8. The number of urea groups is 1. The highest BCUT2D eigenvalue weighted by Crippen LogP contribution is 2.31. The fraction of sp³-hybridized carbons (Fsp3) is 0.200. The Hall–Kier alpha value is -3.60. The summed E-state index contributed by atoms with van der Waals surface area (Å²) < 4.78 is 0. The second kappa shape index (κ2) is 8.41. The molecule has 3 aromatic rings. The Balaban J connectivity index is 1.48. The van der Waals surface area contributed by atoms with Gasteiger partial charge in [-0.2, -0.15) is 0 Å². The van der Waals surface area contributed by atoms with Gasteiger partial charge in [-0.25, -0.2) is 4.79 Å². The summed E-state index contributed by atoms with van der Waals surface area (Å²) in [5, 5.41) is 5.77. The largest absolute Gasteiger partial charge is 0.323 e. The fourth-order valence-corrected chi connectivity index (χ4v) is 3.74. The van der Waals surface area contributed by atoms with E-state index < -0.39 is 0 Å². The number of benzene rings is 3. The first-order valence-corrected chi connectivity index (χ1v) is 10.2. The Morgan fingerprint density at radius 2 is 1.53 bits per heavy atom. The van der Waals surface area contributed by atoms with Gasteiger partial charge in [0.05, 0.1) is 0 Å². The lowest BCUT2D eigenvalue weighted by molar-refractivity contribution is 0.0985. The first-order chi connectivity index (χ1) is 14.5. The zero-order valence-electron chi connectivity index (χ0n) is 17.2. The number of nitrogens with zero attached hydrogens (tertiary/aromatic N) is 1. The van der Waals surface area contributed by atoms with Crippen molar-refractivity contribution < 1.29 is 9.59 Å². The van der Waals surface area contributed by atoms with E-state index in [0.717, 1.165) is 35.3 Å². The van der Waals surface area contributed by atoms with Crippen LogP contribution < -0.4 is 15.5 Å². The lowest BCUT2D eigenvalue weighted by Gasteiger charge is -2.30. The molecule has 0 atom stereocenters. The van der Waals surface area contributed by atoms with E-state index in [2.05, 4.69) is 10.6 Å². The second-order valence-electron chi connectivity index (χ2n) is 7.65. The quantitative estimate of drug-likeness (QED) is 0.607. The van der Waals surface area contributed by atoms with Crippen LogP contribution in [0.5, 0.6) is 0 Å². The van der Waals surface area contributed by atoms with Crippen molar-refractivity contribution in [1.29, 1.82) is 0 Å². The maximum Gasteiger partial charge on any atom is 0.323 e. The van der Waals surface area contributed by atoms with E-state index in [-0.39, 0.29) is 11.9 Å². The molecule has 30 heavy (non-hydrogen) atoms. The van der Waals surface area contributed by atoms with E-state index in [9.17, 15) is 9.59 Å². The van der Waals surface area contributed by atoms with Gasteiger partial charge < -0.3 is 15.5 Å². The van der Waals surface area contributed by atoms with Crippen molar-refractivity contribution in [3.8, 4) is 0 Å². The summed E-state index contributed by atoms with van der Waals surface area (Å²) in [5.41, 5.74) is 6.44. The van der Waals surface area contributed by atoms with Crippen LogP contribution >= 0.6 is 0 Å². The molecule has 152 valence electrons. The van der Waals surface area contributed by atoms with E-state index in [4.69, 9.17) is 0 Å². The first kappa shape index (κ1) is 19.7. The minimum Gasteiger partial charge on any atom is -0.308 e. The summed E-state index contributed by atoms with van der Waals surface area (Å²) in [6.07, 6.45) is 1.77. The van der Waals surface area contributed by atoms with Gasteiger partial charge in [0.2, 0.25) is 0 Å². The molecule has 4 rings (SSSR count). The van der Waals surface area contributed by atoms with Crippen molar-refractivity contribution in [3.63, 3.8) is 0 Å². The third-order valence-electron chi connectivity index (χ3n) is 5.49. The molecule has 0 saturated heterocycles. The molecule has 2 N–H and O–H groups in total. The SMILES string of the molecule is Cc1ccc(NC(=O)Nc2ccc3c(c2)CCCN3C(=O)c2ccccc2)cc1C. The number of carbonyl (C=O) groups excluding carboxylic acids is 2. The number of amides is 3. The molecular formula is C25H25N3O2. The van der Waals surface area contributed by atoms with Crippen LogP contribution in [0.25, 0.3) is 0 Å². The summed E-state index contributed by atoms with van der Waals surface area (Å²) >= 11 is 0. The lowest BCUT2D eigenvalue weighted by atomic mass is 10.00. The third kappa shape index (κ3) is 4.20. The van der Waals surface area contributed by atoms with Crippen molar-refractivity contribution in [1.82, 2.24) is 0 Å². The van der Waals surface area contributed by atoms with Gasteiger partial charge in [-0.15, -0.1) is 0 Å². The van der Waals surface area contributed by atoms with Gasteiger partial charge in [0, 0.05) is 29.2 Å². The number of anilines is 3. The van der Waals surface area contributed by atoms with Gasteiger partial charge in [-0.3, -0.25) is 4.79 Å². The van der Waals surface area contributed by atoms with Gasteiger partial charge in [0.1, 0.15) is 0 Å². The molecule has 1 aliphatic heterocycles. The first-order valence-electron chi connectivity index (χ1n) is 10.2. The van der Waals surface area contributed by atoms with Crippen LogP contribution in [0.2, 0.25) is 0 Å². The smallest absolute Gasteiger partial charge is 0.308 e. The molecular weight excluding hydrogens is 374 g/mol. The Morgan fingerprint density at radius 3 is 2.27 bits per heavy atom. The molecule has 1 heterocycles. The zero-order valence-corrected chi connectivity index (χ0v) is 17.2. The Labute approximate surface area is 176 Å². The number of aryl methyl sites for hydroxylation is 3. The van der Waals surface area contributed by atoms with Gasteiger partial charge in [-0.05, 0) is 85.8 Å². The molecule has 5 nitrogen and oxygen atoms in total. The second-order valence-corrected chi connectivity index (χ2v) is 7.65. The molecule has 0 spiro atoms. The fourth-order valence-electron chi connectivity index (χ4n) is 3.74. The number of hydrogen-bond donors (Lipinski definition) is 2. The van der Waals surface area contributed by atoms with Crippen LogP contribution in [0.15, 0.2) is 66.7 Å². The van der Waals surface area contributed by atoms with Crippen LogP contribution in [0, 0.1) is 13.8 Å². The maximum absolute atomic E-state index is 12.9. The van der Waals surface area contributed by atoms with Gasteiger partial charge in [0.25, 0.3) is 5.91 Å². The highest BCUT2D eigenvalue weighted by molar-refractivity contribution is 6.07. The molecule has 0 aromatic heterocycles. The Kier molecular flexibility index (Phi) is 5.53. The van der Waals surface area contributed by atoms with Crippen molar-refractivity contribution in [3.05, 3.63) is 89.0 Å². The molecule has 0 unspecified atom stereocenters. The van der Waals surface area contributed by atoms with Crippen molar-refractivity contribution in [2.75, 3.05) is 22.1 Å². The van der Waals surface area contributed by atoms with Crippen LogP contribution in [-0.4, -0.2) is 18.5 Å². The molecule has 0 aliphatic carbocycles. The summed E-state index contributed by atoms with van der Waals surface area (Å²) in [6.45, 7) is 4.75. The summed E-state index contributed by atoms with van der Waals surface area (Å²) in [5.74, 6) is 0.00439.